The molecule has 0 rings (SSSR count). The number of aldehydes is 1. The highest BCUT2D eigenvalue weighted by atomic mass is 16.1. The maximum Gasteiger partial charge on any atom is 0.143 e. The van der Waals surface area contributed by atoms with E-state index in [2.05, 4.69) is 38.2 Å². The molecule has 0 aromatic rings. The van der Waals surface area contributed by atoms with Gasteiger partial charge in [-0.25, -0.2) is 0 Å². The molecule has 0 aliphatic rings. The second kappa shape index (κ2) is 32.0. The van der Waals surface area contributed by atoms with Gasteiger partial charge in [0.1, 0.15) is 12.1 Å². The van der Waals surface area contributed by atoms with E-state index in [0.29, 0.717) is 6.42 Å². The van der Waals surface area contributed by atoms with Gasteiger partial charge in [0.25, 0.3) is 0 Å². The summed E-state index contributed by atoms with van der Waals surface area (Å²) >= 11 is 0. The molecule has 0 radical (unpaired) electrons. The summed E-state index contributed by atoms with van der Waals surface area (Å²) < 4.78 is 0. The van der Waals surface area contributed by atoms with Gasteiger partial charge in [0, 0.05) is 6.42 Å². The van der Waals surface area contributed by atoms with E-state index < -0.39 is 0 Å². The van der Waals surface area contributed by atoms with Crippen molar-refractivity contribution in [1.82, 2.24) is 0 Å². The van der Waals surface area contributed by atoms with E-state index in [1.54, 1.807) is 0 Å². The van der Waals surface area contributed by atoms with Crippen LogP contribution in [0.25, 0.3) is 0 Å². The predicted molar refractivity (Wildman–Crippen MR) is 169 cm³/mol. The van der Waals surface area contributed by atoms with Crippen molar-refractivity contribution in [3.05, 3.63) is 24.3 Å². The lowest BCUT2D eigenvalue weighted by Gasteiger charge is -2.09. The lowest BCUT2D eigenvalue weighted by atomic mass is 9.94. The fourth-order valence-electron chi connectivity index (χ4n) is 5.16. The third kappa shape index (κ3) is 27.8. The van der Waals surface area contributed by atoms with Crippen molar-refractivity contribution >= 4 is 12.1 Å². The highest BCUT2D eigenvalue weighted by Crippen LogP contribution is 2.17. The van der Waals surface area contributed by atoms with Crippen LogP contribution in [0.5, 0.6) is 0 Å². The molecule has 0 aliphatic heterocycles. The molecule has 0 aromatic heterocycles. The highest BCUT2D eigenvalue weighted by Gasteiger charge is 2.16. The lowest BCUT2D eigenvalue weighted by molar-refractivity contribution is -0.127. The van der Waals surface area contributed by atoms with Crippen LogP contribution in [0, 0.1) is 5.92 Å². The highest BCUT2D eigenvalue weighted by molar-refractivity contribution is 5.93. The topological polar surface area (TPSA) is 34.1 Å². The van der Waals surface area contributed by atoms with E-state index in [-0.39, 0.29) is 11.7 Å². The fraction of sp³-hybridized carbons (Fsp3) is 0.833. The minimum atomic E-state index is -0.356. The molecule has 0 aromatic carbocycles. The Morgan fingerprint density at radius 1 is 0.500 bits per heavy atom. The molecule has 38 heavy (non-hydrogen) atoms. The average molecular weight is 531 g/mol. The largest absolute Gasteiger partial charge is 0.303 e. The minimum Gasteiger partial charge on any atom is -0.303 e. The number of carbonyl (C=O) groups excluding carboxylic acids is 2. The number of unbranched alkanes of at least 4 members (excludes halogenated alkanes) is 21. The van der Waals surface area contributed by atoms with Crippen molar-refractivity contribution in [2.75, 3.05) is 0 Å². The van der Waals surface area contributed by atoms with Gasteiger partial charge in [0.15, 0.2) is 0 Å². The molecule has 0 aliphatic carbocycles. The molecule has 0 heterocycles. The van der Waals surface area contributed by atoms with Gasteiger partial charge in [-0.3, -0.25) is 4.79 Å². The van der Waals surface area contributed by atoms with Crippen LogP contribution >= 0.6 is 0 Å². The van der Waals surface area contributed by atoms with Gasteiger partial charge in [0.05, 0.1) is 5.92 Å². The van der Waals surface area contributed by atoms with Crippen LogP contribution in [0.2, 0.25) is 0 Å². The van der Waals surface area contributed by atoms with Crippen LogP contribution in [-0.4, -0.2) is 12.1 Å². The summed E-state index contributed by atoms with van der Waals surface area (Å²) in [4.78, 5) is 23.9. The predicted octanol–water partition coefficient (Wildman–Crippen LogP) is 12.1. The second-order valence-corrected chi connectivity index (χ2v) is 11.6. The van der Waals surface area contributed by atoms with E-state index in [1.807, 2.05) is 0 Å². The lowest BCUT2D eigenvalue weighted by Crippen LogP contribution is -2.15. The third-order valence-electron chi connectivity index (χ3n) is 7.82. The van der Waals surface area contributed by atoms with Crippen LogP contribution in [0.1, 0.15) is 187 Å². The van der Waals surface area contributed by atoms with E-state index >= 15 is 0 Å². The molecule has 0 saturated carbocycles. The first kappa shape index (κ1) is 36.8. The molecule has 2 heteroatoms. The van der Waals surface area contributed by atoms with Crippen LogP contribution in [-0.2, 0) is 9.59 Å². The van der Waals surface area contributed by atoms with Crippen LogP contribution in [0.3, 0.4) is 0 Å². The number of rotatable bonds is 31. The first-order chi connectivity index (χ1) is 18.8. The van der Waals surface area contributed by atoms with Gasteiger partial charge in [-0.05, 0) is 44.9 Å². The van der Waals surface area contributed by atoms with Gasteiger partial charge in [-0.15, -0.1) is 0 Å². The van der Waals surface area contributed by atoms with Crippen molar-refractivity contribution in [2.24, 2.45) is 5.92 Å². The first-order valence-corrected chi connectivity index (χ1v) is 17.0. The molecule has 0 amide bonds. The third-order valence-corrected chi connectivity index (χ3v) is 7.82. The Kier molecular flexibility index (Phi) is 31.0. The van der Waals surface area contributed by atoms with Crippen LogP contribution in [0.4, 0.5) is 0 Å². The Morgan fingerprint density at radius 2 is 0.895 bits per heavy atom. The summed E-state index contributed by atoms with van der Waals surface area (Å²) in [6, 6.07) is 0. The van der Waals surface area contributed by atoms with Gasteiger partial charge in [-0.1, -0.05) is 160 Å². The van der Waals surface area contributed by atoms with Gasteiger partial charge < -0.3 is 4.79 Å². The number of allylic oxidation sites excluding steroid dienone is 4. The molecule has 0 N–H and O–H groups in total. The molecule has 0 fully saturated rings. The zero-order chi connectivity index (χ0) is 27.8. The number of hydrogen-bond donors (Lipinski definition) is 0. The molecule has 0 bridgehead atoms. The molecular weight excluding hydrogens is 464 g/mol. The Morgan fingerprint density at radius 3 is 1.39 bits per heavy atom. The summed E-state index contributed by atoms with van der Waals surface area (Å²) in [5, 5.41) is 0. The number of ketones is 1. The maximum absolute atomic E-state index is 12.4. The molecular formula is C36H66O2. The summed E-state index contributed by atoms with van der Waals surface area (Å²) in [5.41, 5.74) is 0. The first-order valence-electron chi connectivity index (χ1n) is 17.0. The van der Waals surface area contributed by atoms with Crippen molar-refractivity contribution in [2.45, 2.75) is 187 Å². The molecule has 1 atom stereocenters. The van der Waals surface area contributed by atoms with Gasteiger partial charge in [-0.2, -0.15) is 0 Å². The van der Waals surface area contributed by atoms with Crippen molar-refractivity contribution in [3.63, 3.8) is 0 Å². The normalized spacial score (nSPS) is 12.6. The van der Waals surface area contributed by atoms with Gasteiger partial charge in [0.2, 0.25) is 0 Å². The van der Waals surface area contributed by atoms with Crippen molar-refractivity contribution in [1.29, 1.82) is 0 Å². The Bertz CT molecular complexity index is 548. The SMILES string of the molecule is CCCCCC=CCC=CCCCCCCC(C=O)C(=O)CCCCCCCCCCCCCCCCC. The summed E-state index contributed by atoms with van der Waals surface area (Å²) in [6.45, 7) is 4.53. The molecule has 2 nitrogen and oxygen atoms in total. The maximum atomic E-state index is 12.4. The van der Waals surface area contributed by atoms with Crippen LogP contribution in [0.15, 0.2) is 24.3 Å². The Hall–Kier alpha value is -1.18. The van der Waals surface area contributed by atoms with Crippen molar-refractivity contribution < 1.29 is 9.59 Å². The standard InChI is InChI=1S/C36H66O2/c1-3-5-7-9-11-13-15-17-19-21-23-25-27-29-31-33-36(38)35(34-37)32-30-28-26-24-22-20-18-16-14-12-10-8-6-4-2/h12,14,18,20,34-35H,3-11,13,15-17,19,21-33H2,1-2H3. The quantitative estimate of drug-likeness (QED) is 0.0386. The Balaban J connectivity index is 3.50. The minimum absolute atomic E-state index is 0.181. The molecule has 0 spiro atoms. The number of carbonyl (C=O) groups is 2. The van der Waals surface area contributed by atoms with Crippen LogP contribution < -0.4 is 0 Å². The van der Waals surface area contributed by atoms with E-state index in [1.165, 1.54) is 122 Å². The van der Waals surface area contributed by atoms with E-state index in [4.69, 9.17) is 0 Å². The average Bonchev–Trinajstić information content (AvgIpc) is 2.93. The molecule has 0 saturated heterocycles. The zero-order valence-electron chi connectivity index (χ0n) is 25.9. The summed E-state index contributed by atoms with van der Waals surface area (Å²) in [6.07, 6.45) is 43.3. The van der Waals surface area contributed by atoms with E-state index in [0.717, 1.165) is 51.2 Å². The number of hydrogen-bond acceptors (Lipinski definition) is 2. The van der Waals surface area contributed by atoms with Crippen molar-refractivity contribution in [3.8, 4) is 0 Å². The zero-order valence-corrected chi connectivity index (χ0v) is 25.9. The van der Waals surface area contributed by atoms with Gasteiger partial charge >= 0.3 is 0 Å². The van der Waals surface area contributed by atoms with E-state index in [9.17, 15) is 9.59 Å². The monoisotopic (exact) mass is 531 g/mol. The summed E-state index contributed by atoms with van der Waals surface area (Å²) in [5.74, 6) is -0.175. The molecule has 222 valence electrons. The molecule has 1 unspecified atom stereocenters. The smallest absolute Gasteiger partial charge is 0.143 e. The summed E-state index contributed by atoms with van der Waals surface area (Å²) in [7, 11) is 0. The second-order valence-electron chi connectivity index (χ2n) is 11.6. The fourth-order valence-corrected chi connectivity index (χ4v) is 5.16. The number of Topliss-reactive ketones (excluding diaryl/α,β-unsaturated/α-hetero) is 1. The Labute approximate surface area is 238 Å².